The number of anilines is 1. The molecule has 1 atom stereocenters. The number of aryl methyl sites for hydroxylation is 1. The Labute approximate surface area is 118 Å². The van der Waals surface area contributed by atoms with Gasteiger partial charge >= 0.3 is 0 Å². The molecular formula is C16H17NO3. The van der Waals surface area contributed by atoms with Gasteiger partial charge in [-0.25, -0.2) is 0 Å². The fourth-order valence-corrected chi connectivity index (χ4v) is 1.79. The van der Waals surface area contributed by atoms with Gasteiger partial charge in [-0.2, -0.15) is 0 Å². The van der Waals surface area contributed by atoms with Crippen molar-refractivity contribution in [3.8, 4) is 5.75 Å². The number of benzene rings is 2. The Balaban J connectivity index is 2.05. The van der Waals surface area contributed by atoms with Crippen molar-refractivity contribution in [1.82, 2.24) is 0 Å². The van der Waals surface area contributed by atoms with Gasteiger partial charge in [-0.05, 0) is 36.8 Å². The largest absolute Gasteiger partial charge is 0.497 e. The van der Waals surface area contributed by atoms with Gasteiger partial charge in [0.25, 0.3) is 5.91 Å². The van der Waals surface area contributed by atoms with Crippen molar-refractivity contribution in [2.24, 2.45) is 0 Å². The van der Waals surface area contributed by atoms with Crippen molar-refractivity contribution >= 4 is 11.6 Å². The van der Waals surface area contributed by atoms with Crippen LogP contribution in [-0.4, -0.2) is 18.1 Å². The highest BCUT2D eigenvalue weighted by atomic mass is 16.5. The summed E-state index contributed by atoms with van der Waals surface area (Å²) in [5.74, 6) is 0.221. The molecule has 2 aromatic carbocycles. The third kappa shape index (κ3) is 3.36. The maximum Gasteiger partial charge on any atom is 0.257 e. The molecule has 0 bridgehead atoms. The molecule has 0 aliphatic heterocycles. The fraction of sp³-hybridized carbons (Fsp3) is 0.188. The maximum absolute atomic E-state index is 12.0. The van der Waals surface area contributed by atoms with Crippen LogP contribution in [0.15, 0.2) is 48.5 Å². The summed E-state index contributed by atoms with van der Waals surface area (Å²) in [5, 5.41) is 12.7. The summed E-state index contributed by atoms with van der Waals surface area (Å²) in [6.07, 6.45) is -1.21. The second kappa shape index (κ2) is 6.21. The minimum Gasteiger partial charge on any atom is -0.497 e. The number of carbonyl (C=O) groups is 1. The molecule has 0 aliphatic rings. The van der Waals surface area contributed by atoms with Crippen LogP contribution >= 0.6 is 0 Å². The van der Waals surface area contributed by atoms with Gasteiger partial charge in [0.1, 0.15) is 5.75 Å². The number of aliphatic hydroxyl groups is 1. The van der Waals surface area contributed by atoms with Crippen molar-refractivity contribution in [2.45, 2.75) is 13.0 Å². The molecule has 0 radical (unpaired) electrons. The van der Waals surface area contributed by atoms with Crippen molar-refractivity contribution < 1.29 is 14.6 Å². The van der Waals surface area contributed by atoms with Crippen LogP contribution in [0, 0.1) is 6.92 Å². The fourth-order valence-electron chi connectivity index (χ4n) is 1.79. The van der Waals surface area contributed by atoms with Gasteiger partial charge in [-0.1, -0.05) is 29.8 Å². The Morgan fingerprint density at radius 3 is 2.25 bits per heavy atom. The van der Waals surface area contributed by atoms with Crippen LogP contribution < -0.4 is 10.1 Å². The van der Waals surface area contributed by atoms with E-state index in [9.17, 15) is 9.90 Å². The van der Waals surface area contributed by atoms with Crippen molar-refractivity contribution in [1.29, 1.82) is 0 Å². The van der Waals surface area contributed by atoms with E-state index in [0.29, 0.717) is 17.0 Å². The molecule has 2 rings (SSSR count). The van der Waals surface area contributed by atoms with Gasteiger partial charge in [0.15, 0.2) is 6.10 Å². The van der Waals surface area contributed by atoms with E-state index in [1.54, 1.807) is 43.5 Å². The lowest BCUT2D eigenvalue weighted by Crippen LogP contribution is -2.20. The van der Waals surface area contributed by atoms with Gasteiger partial charge in [-0.3, -0.25) is 4.79 Å². The van der Waals surface area contributed by atoms with E-state index in [1.807, 2.05) is 19.1 Å². The molecule has 0 heterocycles. The Bertz CT molecular complexity index is 576. The van der Waals surface area contributed by atoms with Crippen LogP contribution in [0.5, 0.6) is 5.75 Å². The topological polar surface area (TPSA) is 58.6 Å². The average Bonchev–Trinajstić information content (AvgIpc) is 2.49. The molecule has 0 aliphatic carbocycles. The van der Waals surface area contributed by atoms with Gasteiger partial charge in [0.2, 0.25) is 0 Å². The number of rotatable bonds is 4. The molecule has 0 saturated carbocycles. The Kier molecular flexibility index (Phi) is 4.38. The van der Waals surface area contributed by atoms with Crippen molar-refractivity contribution in [3.05, 3.63) is 59.7 Å². The number of methoxy groups -OCH3 is 1. The zero-order valence-corrected chi connectivity index (χ0v) is 11.5. The highest BCUT2D eigenvalue weighted by Gasteiger charge is 2.17. The number of nitrogens with one attached hydrogen (secondary N) is 1. The highest BCUT2D eigenvalue weighted by Crippen LogP contribution is 2.19. The lowest BCUT2D eigenvalue weighted by atomic mass is 10.1. The van der Waals surface area contributed by atoms with Crippen LogP contribution in [0.25, 0.3) is 0 Å². The molecule has 0 fully saturated rings. The second-order valence-electron chi connectivity index (χ2n) is 4.53. The van der Waals surface area contributed by atoms with Crippen LogP contribution in [0.1, 0.15) is 17.2 Å². The molecule has 4 heteroatoms. The van der Waals surface area contributed by atoms with E-state index in [2.05, 4.69) is 5.32 Å². The molecule has 104 valence electrons. The molecule has 2 N–H and O–H groups in total. The average molecular weight is 271 g/mol. The first-order valence-corrected chi connectivity index (χ1v) is 6.29. The smallest absolute Gasteiger partial charge is 0.257 e. The first kappa shape index (κ1) is 14.1. The molecule has 4 nitrogen and oxygen atoms in total. The minimum absolute atomic E-state index is 0.459. The van der Waals surface area contributed by atoms with E-state index in [4.69, 9.17) is 4.74 Å². The molecule has 2 aromatic rings. The summed E-state index contributed by atoms with van der Waals surface area (Å²) >= 11 is 0. The third-order valence-electron chi connectivity index (χ3n) is 3.00. The zero-order chi connectivity index (χ0) is 14.5. The van der Waals surface area contributed by atoms with Crippen LogP contribution in [0.4, 0.5) is 5.69 Å². The number of ether oxygens (including phenoxy) is 1. The summed E-state index contributed by atoms with van der Waals surface area (Å²) in [6.45, 7) is 1.97. The molecule has 0 saturated heterocycles. The van der Waals surface area contributed by atoms with Crippen molar-refractivity contribution in [3.63, 3.8) is 0 Å². The normalized spacial score (nSPS) is 11.8. The van der Waals surface area contributed by atoms with Gasteiger partial charge < -0.3 is 15.2 Å². The molecule has 1 unspecified atom stereocenters. The molecule has 1 amide bonds. The standard InChI is InChI=1S/C16H17NO3/c1-11-3-7-13(8-4-11)17-16(19)15(18)12-5-9-14(20-2)10-6-12/h3-10,15,18H,1-2H3,(H,17,19). The quantitative estimate of drug-likeness (QED) is 0.898. The lowest BCUT2D eigenvalue weighted by Gasteiger charge is -2.12. The summed E-state index contributed by atoms with van der Waals surface area (Å²) < 4.78 is 5.03. The van der Waals surface area contributed by atoms with Gasteiger partial charge in [0.05, 0.1) is 7.11 Å². The summed E-state index contributed by atoms with van der Waals surface area (Å²) in [6, 6.07) is 14.1. The number of hydrogen-bond donors (Lipinski definition) is 2. The van der Waals surface area contributed by atoms with Gasteiger partial charge in [-0.15, -0.1) is 0 Å². The van der Waals surface area contributed by atoms with E-state index in [-0.39, 0.29) is 0 Å². The summed E-state index contributed by atoms with van der Waals surface area (Å²) in [4.78, 5) is 12.0. The molecule has 0 aromatic heterocycles. The number of hydrogen-bond acceptors (Lipinski definition) is 3. The second-order valence-corrected chi connectivity index (χ2v) is 4.53. The predicted octanol–water partition coefficient (Wildman–Crippen LogP) is 2.68. The summed E-state index contributed by atoms with van der Waals surface area (Å²) in [7, 11) is 1.57. The lowest BCUT2D eigenvalue weighted by molar-refractivity contribution is -0.124. The Morgan fingerprint density at radius 2 is 1.70 bits per heavy atom. The van der Waals surface area contributed by atoms with Crippen LogP contribution in [0.3, 0.4) is 0 Å². The first-order chi connectivity index (χ1) is 9.60. The van der Waals surface area contributed by atoms with E-state index < -0.39 is 12.0 Å². The van der Waals surface area contributed by atoms with Crippen LogP contribution in [-0.2, 0) is 4.79 Å². The molecule has 0 spiro atoms. The third-order valence-corrected chi connectivity index (χ3v) is 3.00. The minimum atomic E-state index is -1.21. The SMILES string of the molecule is COc1ccc(C(O)C(=O)Nc2ccc(C)cc2)cc1. The Hall–Kier alpha value is -2.33. The molecule has 20 heavy (non-hydrogen) atoms. The van der Waals surface area contributed by atoms with E-state index >= 15 is 0 Å². The monoisotopic (exact) mass is 271 g/mol. The zero-order valence-electron chi connectivity index (χ0n) is 11.5. The van der Waals surface area contributed by atoms with E-state index in [0.717, 1.165) is 5.56 Å². The van der Waals surface area contributed by atoms with E-state index in [1.165, 1.54) is 0 Å². The van der Waals surface area contributed by atoms with Crippen molar-refractivity contribution in [2.75, 3.05) is 12.4 Å². The number of amides is 1. The molecular weight excluding hydrogens is 254 g/mol. The summed E-state index contributed by atoms with van der Waals surface area (Å²) in [5.41, 5.74) is 2.29. The maximum atomic E-state index is 12.0. The van der Waals surface area contributed by atoms with Crippen LogP contribution in [0.2, 0.25) is 0 Å². The predicted molar refractivity (Wildman–Crippen MR) is 77.8 cm³/mol. The van der Waals surface area contributed by atoms with Gasteiger partial charge in [0, 0.05) is 5.69 Å². The number of aliphatic hydroxyl groups excluding tert-OH is 1. The first-order valence-electron chi connectivity index (χ1n) is 6.29. The Morgan fingerprint density at radius 1 is 1.10 bits per heavy atom. The number of carbonyl (C=O) groups excluding carboxylic acids is 1. The highest BCUT2D eigenvalue weighted by molar-refractivity contribution is 5.94.